The van der Waals surface area contributed by atoms with Crippen LogP contribution < -0.4 is 9.47 Å². The molecule has 0 fully saturated rings. The fourth-order valence-electron chi connectivity index (χ4n) is 4.04. The third kappa shape index (κ3) is 5.18. The highest BCUT2D eigenvalue weighted by Gasteiger charge is 2.13. The normalized spacial score (nSPS) is 13.1. The average molecular weight is 425 g/mol. The van der Waals surface area contributed by atoms with Crippen LogP contribution in [0.2, 0.25) is 0 Å². The second-order valence-electron chi connectivity index (χ2n) is 8.20. The first kappa shape index (κ1) is 21.6. The fourth-order valence-corrected chi connectivity index (χ4v) is 4.04. The van der Waals surface area contributed by atoms with Gasteiger partial charge < -0.3 is 14.9 Å². The quantitative estimate of drug-likeness (QED) is 0.415. The van der Waals surface area contributed by atoms with Crippen molar-refractivity contribution >= 4 is 5.71 Å². The van der Waals surface area contributed by atoms with Crippen molar-refractivity contribution in [2.24, 2.45) is 0 Å². The van der Waals surface area contributed by atoms with Crippen LogP contribution in [0.15, 0.2) is 66.7 Å². The van der Waals surface area contributed by atoms with Gasteiger partial charge in [-0.1, -0.05) is 43.3 Å². The van der Waals surface area contributed by atoms with Crippen LogP contribution in [0.5, 0.6) is 11.5 Å². The molecular weight excluding hydrogens is 396 g/mol. The van der Waals surface area contributed by atoms with E-state index < -0.39 is 0 Å². The van der Waals surface area contributed by atoms with Gasteiger partial charge in [0.1, 0.15) is 24.7 Å². The summed E-state index contributed by atoms with van der Waals surface area (Å²) < 4.78 is 11.7. The highest BCUT2D eigenvalue weighted by atomic mass is 16.5. The lowest BCUT2D eigenvalue weighted by molar-refractivity contribution is 0.305. The van der Waals surface area contributed by atoms with Crippen molar-refractivity contribution in [2.45, 2.75) is 45.1 Å². The Morgan fingerprint density at radius 2 is 1.62 bits per heavy atom. The Hall–Kier alpha value is -3.58. The van der Waals surface area contributed by atoms with Crippen LogP contribution in [0, 0.1) is 16.7 Å². The molecule has 0 spiro atoms. The molecule has 4 heteroatoms. The van der Waals surface area contributed by atoms with Crippen LogP contribution in [-0.2, 0) is 19.4 Å². The molecule has 0 amide bonds. The molecule has 0 aliphatic heterocycles. The molecule has 0 saturated heterocycles. The fraction of sp³-hybridized carbons (Fsp3) is 0.286. The van der Waals surface area contributed by atoms with Gasteiger partial charge in [0, 0.05) is 0 Å². The van der Waals surface area contributed by atoms with Crippen molar-refractivity contribution in [3.63, 3.8) is 0 Å². The molecular formula is C28H28N2O2. The number of hydrogen-bond donors (Lipinski definition) is 1. The van der Waals surface area contributed by atoms with E-state index in [-0.39, 0.29) is 12.5 Å². The molecule has 1 N–H and O–H groups in total. The van der Waals surface area contributed by atoms with Gasteiger partial charge in [-0.2, -0.15) is 5.26 Å². The first-order chi connectivity index (χ1) is 15.7. The summed E-state index contributed by atoms with van der Waals surface area (Å²) in [5.74, 6) is 1.46. The Bertz CT molecular complexity index is 1110. The number of nitrogens with zero attached hydrogens (tertiary/aromatic N) is 1. The van der Waals surface area contributed by atoms with Crippen molar-refractivity contribution in [3.05, 3.63) is 94.5 Å². The molecule has 162 valence electrons. The predicted octanol–water partition coefficient (Wildman–Crippen LogP) is 6.22. The largest absolute Gasteiger partial charge is 0.489 e. The molecule has 4 nitrogen and oxygen atoms in total. The monoisotopic (exact) mass is 424 g/mol. The van der Waals surface area contributed by atoms with Crippen LogP contribution in [0.25, 0.3) is 0 Å². The number of nitriles is 1. The number of nitrogens with one attached hydrogen (secondary N) is 1. The zero-order valence-electron chi connectivity index (χ0n) is 18.4. The number of ether oxygens (including phenoxy) is 2. The van der Waals surface area contributed by atoms with Crippen LogP contribution in [0.4, 0.5) is 0 Å². The van der Waals surface area contributed by atoms with Gasteiger partial charge in [0.05, 0.1) is 17.7 Å². The number of rotatable bonds is 9. The number of hydrogen-bond acceptors (Lipinski definition) is 4. The van der Waals surface area contributed by atoms with E-state index in [1.54, 1.807) is 0 Å². The molecule has 0 bridgehead atoms. The van der Waals surface area contributed by atoms with Crippen molar-refractivity contribution in [2.75, 3.05) is 6.61 Å². The molecule has 1 aliphatic rings. The van der Waals surface area contributed by atoms with Crippen LogP contribution in [-0.4, -0.2) is 12.3 Å². The van der Waals surface area contributed by atoms with Crippen molar-refractivity contribution in [1.29, 1.82) is 10.7 Å². The molecule has 3 aromatic rings. The Morgan fingerprint density at radius 1 is 0.938 bits per heavy atom. The van der Waals surface area contributed by atoms with E-state index in [0.717, 1.165) is 47.5 Å². The summed E-state index contributed by atoms with van der Waals surface area (Å²) in [4.78, 5) is 0. The first-order valence-electron chi connectivity index (χ1n) is 11.2. The second kappa shape index (κ2) is 10.2. The average Bonchev–Trinajstić information content (AvgIpc) is 3.31. The zero-order valence-corrected chi connectivity index (χ0v) is 18.4. The van der Waals surface area contributed by atoms with E-state index in [2.05, 4.69) is 18.2 Å². The predicted molar refractivity (Wildman–Crippen MR) is 127 cm³/mol. The Balaban J connectivity index is 1.27. The zero-order chi connectivity index (χ0) is 22.3. The number of benzene rings is 3. The van der Waals surface area contributed by atoms with E-state index >= 15 is 0 Å². The van der Waals surface area contributed by atoms with E-state index in [1.165, 1.54) is 17.5 Å². The van der Waals surface area contributed by atoms with Crippen LogP contribution in [0.1, 0.15) is 53.5 Å². The minimum Gasteiger partial charge on any atom is -0.489 e. The topological polar surface area (TPSA) is 66.1 Å². The molecule has 3 aromatic carbocycles. The van der Waals surface area contributed by atoms with E-state index in [4.69, 9.17) is 14.9 Å². The molecule has 0 aromatic heterocycles. The van der Waals surface area contributed by atoms with E-state index in [9.17, 15) is 5.26 Å². The lowest BCUT2D eigenvalue weighted by atomic mass is 9.98. The van der Waals surface area contributed by atoms with Gasteiger partial charge in [-0.3, -0.25) is 0 Å². The Labute approximate surface area is 189 Å². The minimum absolute atomic E-state index is 0.0687. The summed E-state index contributed by atoms with van der Waals surface area (Å²) in [7, 11) is 0. The Morgan fingerprint density at radius 3 is 2.34 bits per heavy atom. The van der Waals surface area contributed by atoms with Gasteiger partial charge >= 0.3 is 0 Å². The molecule has 0 saturated carbocycles. The number of fused-ring (bicyclic) bond motifs is 1. The summed E-state index contributed by atoms with van der Waals surface area (Å²) in [6, 6.07) is 24.2. The van der Waals surface area contributed by atoms with E-state index in [0.29, 0.717) is 12.3 Å². The lowest BCUT2D eigenvalue weighted by Crippen LogP contribution is -2.12. The third-order valence-electron chi connectivity index (χ3n) is 6.01. The third-order valence-corrected chi connectivity index (χ3v) is 6.01. The molecule has 1 atom stereocenters. The first-order valence-corrected chi connectivity index (χ1v) is 11.2. The van der Waals surface area contributed by atoms with Gasteiger partial charge in [0.2, 0.25) is 0 Å². The summed E-state index contributed by atoms with van der Waals surface area (Å²) in [6.45, 7) is 2.73. The SMILES string of the molecule is CCC(C#N)c1ccc(OCc2ccc(OCC(=N)c3ccc4c(c3)CCC4)cc2)cc1. The van der Waals surface area contributed by atoms with Gasteiger partial charge in [-0.25, -0.2) is 0 Å². The van der Waals surface area contributed by atoms with Crippen molar-refractivity contribution in [1.82, 2.24) is 0 Å². The molecule has 0 heterocycles. The van der Waals surface area contributed by atoms with Crippen molar-refractivity contribution < 1.29 is 9.47 Å². The van der Waals surface area contributed by atoms with Crippen LogP contribution in [0.3, 0.4) is 0 Å². The summed E-state index contributed by atoms with van der Waals surface area (Å²) in [5, 5.41) is 17.5. The highest BCUT2D eigenvalue weighted by molar-refractivity contribution is 5.99. The summed E-state index contributed by atoms with van der Waals surface area (Å²) in [5.41, 5.74) is 6.30. The Kier molecular flexibility index (Phi) is 6.87. The molecule has 0 radical (unpaired) electrons. The molecule has 1 unspecified atom stereocenters. The van der Waals surface area contributed by atoms with Gasteiger partial charge in [-0.05, 0) is 83.8 Å². The van der Waals surface area contributed by atoms with Gasteiger partial charge in [0.25, 0.3) is 0 Å². The van der Waals surface area contributed by atoms with Crippen LogP contribution >= 0.6 is 0 Å². The number of aryl methyl sites for hydroxylation is 2. The molecule has 1 aliphatic carbocycles. The van der Waals surface area contributed by atoms with Gasteiger partial charge in [-0.15, -0.1) is 0 Å². The van der Waals surface area contributed by atoms with Gasteiger partial charge in [0.15, 0.2) is 0 Å². The maximum atomic E-state index is 9.18. The van der Waals surface area contributed by atoms with E-state index in [1.807, 2.05) is 61.5 Å². The molecule has 4 rings (SSSR count). The molecule has 32 heavy (non-hydrogen) atoms. The summed E-state index contributed by atoms with van der Waals surface area (Å²) >= 11 is 0. The summed E-state index contributed by atoms with van der Waals surface area (Å²) in [6.07, 6.45) is 4.29. The van der Waals surface area contributed by atoms with Crippen molar-refractivity contribution in [3.8, 4) is 17.6 Å². The maximum absolute atomic E-state index is 9.18. The standard InChI is InChI=1S/C28H28N2O2/c1-2-21(17-29)23-10-14-27(15-11-23)31-18-20-6-12-26(13-7-20)32-19-28(30)25-9-8-22-4-3-5-24(22)16-25/h6-16,21,30H,2-5,18-19H2,1H3. The minimum atomic E-state index is -0.0687. The second-order valence-corrected chi connectivity index (χ2v) is 8.20. The highest BCUT2D eigenvalue weighted by Crippen LogP contribution is 2.24. The maximum Gasteiger partial charge on any atom is 0.130 e. The lowest BCUT2D eigenvalue weighted by Gasteiger charge is -2.11. The smallest absolute Gasteiger partial charge is 0.130 e.